The Hall–Kier alpha value is -3.70. The van der Waals surface area contributed by atoms with Gasteiger partial charge in [-0.05, 0) is 12.1 Å². The summed E-state index contributed by atoms with van der Waals surface area (Å²) in [4.78, 5) is 51.1. The van der Waals surface area contributed by atoms with Crippen LogP contribution in [0, 0.1) is 5.82 Å². The molecule has 12 heteroatoms. The van der Waals surface area contributed by atoms with Gasteiger partial charge in [0.15, 0.2) is 5.82 Å². The molecule has 0 bridgehead atoms. The van der Waals surface area contributed by atoms with Gasteiger partial charge in [-0.25, -0.2) is 18.4 Å². The Labute approximate surface area is 169 Å². The Morgan fingerprint density at radius 3 is 2.60 bits per heavy atom. The minimum atomic E-state index is -1.51. The first kappa shape index (κ1) is 21.0. The highest BCUT2D eigenvalue weighted by Gasteiger charge is 2.40. The zero-order valence-electron chi connectivity index (χ0n) is 15.6. The number of urea groups is 1. The number of likely N-dealkylation sites (tertiary alicyclic amines) is 1. The van der Waals surface area contributed by atoms with E-state index in [0.29, 0.717) is 0 Å². The highest BCUT2D eigenvalue weighted by atomic mass is 19.1. The van der Waals surface area contributed by atoms with Crippen LogP contribution in [0.2, 0.25) is 0 Å². The van der Waals surface area contributed by atoms with Crippen LogP contribution in [0.15, 0.2) is 30.6 Å². The number of carboxylic acid groups (broad SMARTS) is 1. The Balaban J connectivity index is 1.69. The average molecular weight is 423 g/mol. The molecule has 2 aliphatic heterocycles. The lowest BCUT2D eigenvalue weighted by molar-refractivity contribution is -0.137. The molecule has 2 atom stereocenters. The molecule has 1 saturated heterocycles. The number of anilines is 1. The summed E-state index contributed by atoms with van der Waals surface area (Å²) in [6.07, 6.45) is 1.13. The number of nitrogens with one attached hydrogen (secondary N) is 1. The minimum absolute atomic E-state index is 0.0397. The molecule has 0 aromatic heterocycles. The Morgan fingerprint density at radius 1 is 1.23 bits per heavy atom. The molecular formula is C18H19F2N5O5. The van der Waals surface area contributed by atoms with E-state index < -0.39 is 47.4 Å². The number of amides is 4. The monoisotopic (exact) mass is 423 g/mol. The quantitative estimate of drug-likeness (QED) is 0.632. The number of benzene rings is 1. The number of rotatable bonds is 5. The van der Waals surface area contributed by atoms with Gasteiger partial charge in [-0.2, -0.15) is 0 Å². The maximum absolute atomic E-state index is 14.3. The van der Waals surface area contributed by atoms with Gasteiger partial charge in [0.2, 0.25) is 11.8 Å². The number of aromatic carboxylic acids is 1. The van der Waals surface area contributed by atoms with Crippen molar-refractivity contribution in [3.63, 3.8) is 0 Å². The third-order valence-corrected chi connectivity index (χ3v) is 4.77. The van der Waals surface area contributed by atoms with Crippen molar-refractivity contribution in [2.75, 3.05) is 25.1 Å². The zero-order chi connectivity index (χ0) is 22.0. The molecule has 1 fully saturated rings. The number of alkyl halides is 1. The summed E-state index contributed by atoms with van der Waals surface area (Å²) < 4.78 is 28.3. The molecule has 2 aliphatic rings. The van der Waals surface area contributed by atoms with Crippen molar-refractivity contribution in [2.24, 2.45) is 5.73 Å². The first-order chi connectivity index (χ1) is 14.2. The SMILES string of the molecule is NC(=O)N1C=CN(CC(=O)N2C[C@H](F)C[C@H]2C(=O)Nc2cccc(C(=O)O)c2F)C1. The molecule has 0 spiro atoms. The predicted octanol–water partition coefficient (Wildman–Crippen LogP) is 0.526. The number of carbonyl (C=O) groups is 4. The van der Waals surface area contributed by atoms with Crippen molar-refractivity contribution in [1.29, 1.82) is 0 Å². The number of carbonyl (C=O) groups excluding carboxylic acids is 3. The molecule has 4 N–H and O–H groups in total. The van der Waals surface area contributed by atoms with Gasteiger partial charge >= 0.3 is 12.0 Å². The molecule has 1 aromatic rings. The number of nitrogens with two attached hydrogens (primary N) is 1. The average Bonchev–Trinajstić information content (AvgIpc) is 3.30. The van der Waals surface area contributed by atoms with Crippen molar-refractivity contribution in [3.05, 3.63) is 42.0 Å². The molecule has 0 radical (unpaired) electrons. The van der Waals surface area contributed by atoms with Gasteiger partial charge in [-0.15, -0.1) is 0 Å². The number of carboxylic acids is 1. The van der Waals surface area contributed by atoms with Crippen molar-refractivity contribution in [3.8, 4) is 0 Å². The van der Waals surface area contributed by atoms with Gasteiger partial charge in [0.25, 0.3) is 0 Å². The summed E-state index contributed by atoms with van der Waals surface area (Å²) in [7, 11) is 0. The first-order valence-electron chi connectivity index (χ1n) is 8.92. The van der Waals surface area contributed by atoms with E-state index in [1.54, 1.807) is 0 Å². The summed E-state index contributed by atoms with van der Waals surface area (Å²) in [6.45, 7) is -0.497. The van der Waals surface area contributed by atoms with Gasteiger partial charge in [-0.3, -0.25) is 14.5 Å². The smallest absolute Gasteiger partial charge is 0.338 e. The van der Waals surface area contributed by atoms with Crippen LogP contribution in [-0.2, 0) is 9.59 Å². The second-order valence-corrected chi connectivity index (χ2v) is 6.85. The summed E-state index contributed by atoms with van der Waals surface area (Å²) in [5.41, 5.74) is 4.14. The normalized spacial score (nSPS) is 20.5. The van der Waals surface area contributed by atoms with Crippen LogP contribution in [0.3, 0.4) is 0 Å². The van der Waals surface area contributed by atoms with Crippen LogP contribution in [0.1, 0.15) is 16.8 Å². The number of halogens is 2. The molecule has 0 saturated carbocycles. The molecule has 0 unspecified atom stereocenters. The maximum atomic E-state index is 14.3. The number of primary amides is 1. The van der Waals surface area contributed by atoms with Gasteiger partial charge < -0.3 is 26.0 Å². The van der Waals surface area contributed by atoms with Crippen LogP contribution in [-0.4, -0.2) is 75.6 Å². The lowest BCUT2D eigenvalue weighted by Crippen LogP contribution is -2.47. The highest BCUT2D eigenvalue weighted by Crippen LogP contribution is 2.24. The molecule has 0 aliphatic carbocycles. The van der Waals surface area contributed by atoms with Gasteiger partial charge in [0.1, 0.15) is 12.2 Å². The minimum Gasteiger partial charge on any atom is -0.478 e. The van der Waals surface area contributed by atoms with Crippen LogP contribution in [0.5, 0.6) is 0 Å². The van der Waals surface area contributed by atoms with E-state index in [9.17, 15) is 28.0 Å². The first-order valence-corrected chi connectivity index (χ1v) is 8.92. The number of hydrogen-bond donors (Lipinski definition) is 3. The lowest BCUT2D eigenvalue weighted by Gasteiger charge is -2.26. The van der Waals surface area contributed by atoms with E-state index in [2.05, 4.69) is 5.32 Å². The van der Waals surface area contributed by atoms with Gasteiger partial charge in [0, 0.05) is 18.8 Å². The van der Waals surface area contributed by atoms with E-state index in [1.165, 1.54) is 29.4 Å². The fraction of sp³-hybridized carbons (Fsp3) is 0.333. The Kier molecular flexibility index (Phi) is 5.85. The van der Waals surface area contributed by atoms with E-state index in [4.69, 9.17) is 10.8 Å². The molecule has 2 heterocycles. The topological polar surface area (TPSA) is 136 Å². The van der Waals surface area contributed by atoms with E-state index in [-0.39, 0.29) is 31.9 Å². The van der Waals surface area contributed by atoms with Crippen LogP contribution in [0.4, 0.5) is 19.3 Å². The second kappa shape index (κ2) is 8.35. The van der Waals surface area contributed by atoms with E-state index in [1.807, 2.05) is 0 Å². The third kappa shape index (κ3) is 4.31. The van der Waals surface area contributed by atoms with Crippen molar-refractivity contribution >= 4 is 29.5 Å². The van der Waals surface area contributed by atoms with E-state index in [0.717, 1.165) is 15.9 Å². The number of nitrogens with zero attached hydrogens (tertiary/aromatic N) is 3. The zero-order valence-corrected chi connectivity index (χ0v) is 15.6. The van der Waals surface area contributed by atoms with Crippen molar-refractivity contribution < 1.29 is 33.1 Å². The second-order valence-electron chi connectivity index (χ2n) is 6.85. The molecule has 160 valence electrons. The summed E-state index contributed by atoms with van der Waals surface area (Å²) in [6, 6.07) is 1.56. The summed E-state index contributed by atoms with van der Waals surface area (Å²) >= 11 is 0. The predicted molar refractivity (Wildman–Crippen MR) is 99.1 cm³/mol. The maximum Gasteiger partial charge on any atom is 0.338 e. The fourth-order valence-corrected chi connectivity index (χ4v) is 3.29. The highest BCUT2D eigenvalue weighted by molar-refractivity contribution is 5.99. The standard InChI is InChI=1S/C18H19F2N5O5/c19-10-6-13(16(27)22-12-3-1-2-11(15(12)20)17(28)29)25(7-10)14(26)8-23-4-5-24(9-23)18(21)30/h1-5,10,13H,6-9H2,(H2,21,30)(H,22,27)(H,28,29)/t10-,13+/m1/s1. The third-order valence-electron chi connectivity index (χ3n) is 4.77. The van der Waals surface area contributed by atoms with Crippen LogP contribution < -0.4 is 11.1 Å². The summed E-state index contributed by atoms with van der Waals surface area (Å²) in [5.74, 6) is -4.04. The molecular weight excluding hydrogens is 404 g/mol. The Morgan fingerprint density at radius 2 is 1.97 bits per heavy atom. The summed E-state index contributed by atoms with van der Waals surface area (Å²) in [5, 5.41) is 11.2. The van der Waals surface area contributed by atoms with Crippen molar-refractivity contribution in [1.82, 2.24) is 14.7 Å². The van der Waals surface area contributed by atoms with Gasteiger partial charge in [-0.1, -0.05) is 6.07 Å². The number of hydrogen-bond acceptors (Lipinski definition) is 5. The van der Waals surface area contributed by atoms with Gasteiger partial charge in [0.05, 0.1) is 31.0 Å². The molecule has 10 nitrogen and oxygen atoms in total. The van der Waals surface area contributed by atoms with Crippen LogP contribution in [0.25, 0.3) is 0 Å². The van der Waals surface area contributed by atoms with Crippen molar-refractivity contribution in [2.45, 2.75) is 18.6 Å². The fourth-order valence-electron chi connectivity index (χ4n) is 3.29. The molecule has 3 rings (SSSR count). The molecule has 30 heavy (non-hydrogen) atoms. The molecule has 1 aromatic carbocycles. The van der Waals surface area contributed by atoms with E-state index >= 15 is 0 Å². The largest absolute Gasteiger partial charge is 0.478 e. The molecule has 4 amide bonds. The lowest BCUT2D eigenvalue weighted by atomic mass is 10.1. The Bertz CT molecular complexity index is 924. The van der Waals surface area contributed by atoms with Crippen LogP contribution >= 0.6 is 0 Å².